The fraction of sp³-hybridized carbons (Fsp3) is 0.250. The topological polar surface area (TPSA) is 66.7 Å². The number of benzene rings is 1. The van der Waals surface area contributed by atoms with Gasteiger partial charge < -0.3 is 10.2 Å². The summed E-state index contributed by atoms with van der Waals surface area (Å²) in [5.41, 5.74) is 2.67. The van der Waals surface area contributed by atoms with E-state index in [4.69, 9.17) is 11.6 Å². The van der Waals surface area contributed by atoms with Crippen molar-refractivity contribution in [1.82, 2.24) is 14.3 Å². The third-order valence-electron chi connectivity index (χ3n) is 4.86. The van der Waals surface area contributed by atoms with E-state index in [1.165, 1.54) is 17.4 Å². The zero-order valence-electron chi connectivity index (χ0n) is 15.3. The Bertz CT molecular complexity index is 1080. The van der Waals surface area contributed by atoms with Gasteiger partial charge in [-0.15, -0.1) is 11.3 Å². The summed E-state index contributed by atoms with van der Waals surface area (Å²) in [4.78, 5) is 32.0. The molecule has 1 aliphatic heterocycles. The number of aromatic nitrogens is 2. The van der Waals surface area contributed by atoms with Crippen molar-refractivity contribution in [3.63, 3.8) is 0 Å². The molecular formula is C20H19ClN4O2S. The van der Waals surface area contributed by atoms with E-state index in [-0.39, 0.29) is 11.8 Å². The summed E-state index contributed by atoms with van der Waals surface area (Å²) in [5.74, 6) is -0.275. The van der Waals surface area contributed by atoms with Crippen LogP contribution in [0, 0.1) is 6.92 Å². The second-order valence-electron chi connectivity index (χ2n) is 6.64. The van der Waals surface area contributed by atoms with Gasteiger partial charge in [0.25, 0.3) is 5.91 Å². The molecule has 0 atom stereocenters. The van der Waals surface area contributed by atoms with E-state index in [9.17, 15) is 9.59 Å². The molecule has 1 N–H and O–H groups in total. The van der Waals surface area contributed by atoms with Gasteiger partial charge in [-0.25, -0.2) is 4.98 Å². The normalized spacial score (nSPS) is 14.3. The maximum atomic E-state index is 12.7. The van der Waals surface area contributed by atoms with Gasteiger partial charge in [0.15, 0.2) is 10.1 Å². The standard InChI is InChI=1S/C20H19ClN4O2S/c1-13-14(19(27)24-9-2-3-10-24)5-4-6-15(13)22-17(26)8-7-16-18(21)23-20-25(16)11-12-28-20/h4-8,11-12H,2-3,9-10H2,1H3,(H,22,26)/b8-7+. The number of hydrogen-bond acceptors (Lipinski definition) is 4. The highest BCUT2D eigenvalue weighted by Crippen LogP contribution is 2.24. The van der Waals surface area contributed by atoms with Crippen LogP contribution >= 0.6 is 22.9 Å². The van der Waals surface area contributed by atoms with Crippen LogP contribution in [0.3, 0.4) is 0 Å². The molecule has 4 rings (SSSR count). The summed E-state index contributed by atoms with van der Waals surface area (Å²) in [6, 6.07) is 5.39. The lowest BCUT2D eigenvalue weighted by atomic mass is 10.1. The van der Waals surface area contributed by atoms with Gasteiger partial charge >= 0.3 is 0 Å². The van der Waals surface area contributed by atoms with Crippen molar-refractivity contribution in [3.8, 4) is 0 Å². The van der Waals surface area contributed by atoms with Crippen LogP contribution in [0.25, 0.3) is 11.0 Å². The van der Waals surface area contributed by atoms with E-state index < -0.39 is 0 Å². The Kier molecular flexibility index (Phi) is 5.19. The molecule has 0 bridgehead atoms. The van der Waals surface area contributed by atoms with Crippen molar-refractivity contribution >= 4 is 51.5 Å². The lowest BCUT2D eigenvalue weighted by Gasteiger charge is -2.18. The Morgan fingerprint density at radius 2 is 2.07 bits per heavy atom. The SMILES string of the molecule is Cc1c(NC(=O)/C=C/c2c(Cl)nc3sccn23)cccc1C(=O)N1CCCC1. The molecule has 2 aromatic heterocycles. The maximum absolute atomic E-state index is 12.7. The molecule has 1 aromatic carbocycles. The number of fused-ring (bicyclic) bond motifs is 1. The van der Waals surface area contributed by atoms with Gasteiger partial charge in [0.2, 0.25) is 5.91 Å². The number of amides is 2. The van der Waals surface area contributed by atoms with E-state index in [1.54, 1.807) is 24.3 Å². The van der Waals surface area contributed by atoms with E-state index in [1.807, 2.05) is 27.8 Å². The van der Waals surface area contributed by atoms with Crippen LogP contribution in [0.5, 0.6) is 0 Å². The molecule has 28 heavy (non-hydrogen) atoms. The molecule has 0 radical (unpaired) electrons. The zero-order chi connectivity index (χ0) is 19.7. The molecule has 1 fully saturated rings. The fourth-order valence-corrected chi connectivity index (χ4v) is 4.35. The van der Waals surface area contributed by atoms with Crippen molar-refractivity contribution in [1.29, 1.82) is 0 Å². The predicted molar refractivity (Wildman–Crippen MR) is 112 cm³/mol. The van der Waals surface area contributed by atoms with Gasteiger partial charge in [-0.2, -0.15) is 0 Å². The molecule has 1 saturated heterocycles. The first-order valence-corrected chi connectivity index (χ1v) is 10.3. The first-order valence-electron chi connectivity index (χ1n) is 9.03. The molecular weight excluding hydrogens is 396 g/mol. The zero-order valence-corrected chi connectivity index (χ0v) is 16.9. The van der Waals surface area contributed by atoms with E-state index >= 15 is 0 Å². The third kappa shape index (κ3) is 3.55. The average Bonchev–Trinajstić information content (AvgIpc) is 3.39. The Balaban J connectivity index is 1.51. The summed E-state index contributed by atoms with van der Waals surface area (Å²) in [6.45, 7) is 3.44. The molecule has 0 unspecified atom stereocenters. The van der Waals surface area contributed by atoms with Gasteiger partial charge in [-0.05, 0) is 43.5 Å². The van der Waals surface area contributed by atoms with Crippen molar-refractivity contribution < 1.29 is 9.59 Å². The van der Waals surface area contributed by atoms with Gasteiger partial charge in [0, 0.05) is 42.0 Å². The highest BCUT2D eigenvalue weighted by Gasteiger charge is 2.21. The Hall–Kier alpha value is -2.64. The lowest BCUT2D eigenvalue weighted by molar-refractivity contribution is -0.111. The van der Waals surface area contributed by atoms with Crippen LogP contribution in [-0.2, 0) is 4.79 Å². The number of anilines is 1. The largest absolute Gasteiger partial charge is 0.339 e. The maximum Gasteiger partial charge on any atom is 0.254 e. The summed E-state index contributed by atoms with van der Waals surface area (Å²) in [6.07, 6.45) is 7.00. The van der Waals surface area contributed by atoms with E-state index in [0.717, 1.165) is 36.5 Å². The molecule has 0 spiro atoms. The highest BCUT2D eigenvalue weighted by atomic mass is 35.5. The fourth-order valence-electron chi connectivity index (χ4n) is 3.35. The number of nitrogens with one attached hydrogen (secondary N) is 1. The summed E-state index contributed by atoms with van der Waals surface area (Å²) in [7, 11) is 0. The minimum absolute atomic E-state index is 0.0209. The number of carbonyl (C=O) groups excluding carboxylic acids is 2. The Morgan fingerprint density at radius 1 is 1.29 bits per heavy atom. The van der Waals surface area contributed by atoms with E-state index in [0.29, 0.717) is 22.1 Å². The number of nitrogens with zero attached hydrogens (tertiary/aromatic N) is 3. The second-order valence-corrected chi connectivity index (χ2v) is 7.87. The van der Waals surface area contributed by atoms with Gasteiger partial charge in [0.1, 0.15) is 0 Å². The Morgan fingerprint density at radius 3 is 2.86 bits per heavy atom. The second kappa shape index (κ2) is 7.77. The molecule has 6 nitrogen and oxygen atoms in total. The molecule has 1 aliphatic rings. The van der Waals surface area contributed by atoms with Crippen LogP contribution in [0.2, 0.25) is 5.15 Å². The molecule has 3 heterocycles. The minimum Gasteiger partial charge on any atom is -0.339 e. The summed E-state index contributed by atoms with van der Waals surface area (Å²) >= 11 is 7.62. The predicted octanol–water partition coefficient (Wildman–Crippen LogP) is 4.25. The van der Waals surface area contributed by atoms with E-state index in [2.05, 4.69) is 10.3 Å². The monoisotopic (exact) mass is 414 g/mol. The van der Waals surface area contributed by atoms with Gasteiger partial charge in [-0.1, -0.05) is 17.7 Å². The number of imidazole rings is 1. The van der Waals surface area contributed by atoms with Crippen molar-refractivity contribution in [2.24, 2.45) is 0 Å². The summed E-state index contributed by atoms with van der Waals surface area (Å²) < 4.78 is 1.83. The van der Waals surface area contributed by atoms with Gasteiger partial charge in [0.05, 0.1) is 5.69 Å². The number of hydrogen-bond donors (Lipinski definition) is 1. The van der Waals surface area contributed by atoms with Crippen LogP contribution in [-0.4, -0.2) is 39.2 Å². The average molecular weight is 415 g/mol. The van der Waals surface area contributed by atoms with Crippen LogP contribution in [0.1, 0.15) is 34.5 Å². The molecule has 144 valence electrons. The number of rotatable bonds is 4. The lowest BCUT2D eigenvalue weighted by Crippen LogP contribution is -2.28. The number of carbonyl (C=O) groups is 2. The quantitative estimate of drug-likeness (QED) is 0.649. The number of thiazole rings is 1. The van der Waals surface area contributed by atoms with Crippen LogP contribution < -0.4 is 5.32 Å². The van der Waals surface area contributed by atoms with Crippen LogP contribution in [0.4, 0.5) is 5.69 Å². The van der Waals surface area contributed by atoms with Gasteiger partial charge in [-0.3, -0.25) is 14.0 Å². The first kappa shape index (κ1) is 18.7. The number of halogens is 1. The van der Waals surface area contributed by atoms with Crippen molar-refractivity contribution in [3.05, 3.63) is 57.8 Å². The molecule has 3 aromatic rings. The third-order valence-corrected chi connectivity index (χ3v) is 5.90. The minimum atomic E-state index is -0.296. The first-order chi connectivity index (χ1) is 13.5. The molecule has 8 heteroatoms. The Labute approximate surface area is 171 Å². The molecule has 0 saturated carbocycles. The smallest absolute Gasteiger partial charge is 0.254 e. The highest BCUT2D eigenvalue weighted by molar-refractivity contribution is 7.15. The molecule has 2 amide bonds. The summed E-state index contributed by atoms with van der Waals surface area (Å²) in [5, 5.41) is 5.11. The molecule has 0 aliphatic carbocycles. The van der Waals surface area contributed by atoms with Crippen molar-refractivity contribution in [2.75, 3.05) is 18.4 Å². The number of likely N-dealkylation sites (tertiary alicyclic amines) is 1. The van der Waals surface area contributed by atoms with Crippen LogP contribution in [0.15, 0.2) is 35.9 Å². The van der Waals surface area contributed by atoms with Crippen molar-refractivity contribution in [2.45, 2.75) is 19.8 Å².